The molecule has 5 heteroatoms. The van der Waals surface area contributed by atoms with Crippen molar-refractivity contribution >= 4 is 11.6 Å². The van der Waals surface area contributed by atoms with Crippen molar-refractivity contribution in [1.82, 2.24) is 4.98 Å². The lowest BCUT2D eigenvalue weighted by Crippen LogP contribution is -2.17. The van der Waals surface area contributed by atoms with E-state index in [1.54, 1.807) is 6.07 Å². The maximum atomic E-state index is 11.9. The lowest BCUT2D eigenvalue weighted by Gasteiger charge is -2.20. The van der Waals surface area contributed by atoms with Gasteiger partial charge in [0.15, 0.2) is 0 Å². The van der Waals surface area contributed by atoms with Gasteiger partial charge in [0.25, 0.3) is 5.91 Å². The van der Waals surface area contributed by atoms with Crippen LogP contribution >= 0.6 is 0 Å². The Labute approximate surface area is 149 Å². The van der Waals surface area contributed by atoms with Gasteiger partial charge in [0.1, 0.15) is 11.3 Å². The van der Waals surface area contributed by atoms with E-state index in [4.69, 9.17) is 10.5 Å². The zero-order valence-corrected chi connectivity index (χ0v) is 15.4. The molecule has 25 heavy (non-hydrogen) atoms. The van der Waals surface area contributed by atoms with E-state index in [1.807, 2.05) is 37.3 Å². The van der Waals surface area contributed by atoms with Gasteiger partial charge in [-0.05, 0) is 36.5 Å². The number of para-hydroxylation sites is 1. The van der Waals surface area contributed by atoms with Crippen molar-refractivity contribution in [1.29, 1.82) is 0 Å². The van der Waals surface area contributed by atoms with E-state index in [2.05, 4.69) is 31.1 Å². The molecule has 0 radical (unpaired) electrons. The molecule has 0 atom stereocenters. The van der Waals surface area contributed by atoms with Crippen LogP contribution in [0.25, 0.3) is 0 Å². The Hall–Kier alpha value is -2.56. The van der Waals surface area contributed by atoms with Gasteiger partial charge >= 0.3 is 0 Å². The van der Waals surface area contributed by atoms with Crippen molar-refractivity contribution in [2.45, 2.75) is 40.5 Å². The van der Waals surface area contributed by atoms with Crippen LogP contribution in [-0.2, 0) is 6.42 Å². The van der Waals surface area contributed by atoms with E-state index in [0.717, 1.165) is 30.8 Å². The molecule has 0 spiro atoms. The number of ether oxygens (including phenoxy) is 1. The summed E-state index contributed by atoms with van der Waals surface area (Å²) in [6.07, 6.45) is 1.73. The maximum absolute atomic E-state index is 11.9. The Morgan fingerprint density at radius 3 is 2.48 bits per heavy atom. The summed E-state index contributed by atoms with van der Waals surface area (Å²) in [7, 11) is 0. The van der Waals surface area contributed by atoms with Gasteiger partial charge in [-0.25, -0.2) is 4.98 Å². The fourth-order valence-corrected chi connectivity index (χ4v) is 2.38. The molecule has 0 bridgehead atoms. The van der Waals surface area contributed by atoms with Crippen LogP contribution in [0.1, 0.15) is 50.2 Å². The van der Waals surface area contributed by atoms with Gasteiger partial charge in [0, 0.05) is 6.54 Å². The van der Waals surface area contributed by atoms with Crippen LogP contribution < -0.4 is 15.8 Å². The van der Waals surface area contributed by atoms with Crippen LogP contribution in [0, 0.1) is 5.41 Å². The minimum Gasteiger partial charge on any atom is -0.438 e. The highest BCUT2D eigenvalue weighted by Crippen LogP contribution is 2.28. The van der Waals surface area contributed by atoms with E-state index in [1.165, 1.54) is 0 Å². The molecule has 0 aliphatic rings. The Bertz CT molecular complexity index is 722. The number of nitrogens with one attached hydrogen (secondary N) is 1. The number of anilines is 1. The molecule has 1 amide bonds. The normalized spacial score (nSPS) is 11.2. The van der Waals surface area contributed by atoms with Crippen LogP contribution in [0.2, 0.25) is 0 Å². The SMILES string of the molecule is CCc1nc(Oc2ccccc2)c(C(N)=O)cc1NCCC(C)(C)C. The number of rotatable bonds is 7. The van der Waals surface area contributed by atoms with Crippen molar-refractivity contribution < 1.29 is 9.53 Å². The average Bonchev–Trinajstić information content (AvgIpc) is 2.55. The van der Waals surface area contributed by atoms with E-state index in [-0.39, 0.29) is 16.9 Å². The summed E-state index contributed by atoms with van der Waals surface area (Å²) < 4.78 is 5.79. The monoisotopic (exact) mass is 341 g/mol. The topological polar surface area (TPSA) is 77.2 Å². The Morgan fingerprint density at radius 1 is 1.24 bits per heavy atom. The third-order valence-corrected chi connectivity index (χ3v) is 3.82. The summed E-state index contributed by atoms with van der Waals surface area (Å²) >= 11 is 0. The summed E-state index contributed by atoms with van der Waals surface area (Å²) in [4.78, 5) is 16.4. The Balaban J connectivity index is 2.30. The summed E-state index contributed by atoms with van der Waals surface area (Å²) in [6, 6.07) is 11.0. The highest BCUT2D eigenvalue weighted by molar-refractivity contribution is 5.96. The van der Waals surface area contributed by atoms with Crippen LogP contribution in [0.15, 0.2) is 36.4 Å². The number of amides is 1. The number of carbonyl (C=O) groups excluding carboxylic acids is 1. The number of pyridine rings is 1. The van der Waals surface area contributed by atoms with E-state index < -0.39 is 5.91 Å². The van der Waals surface area contributed by atoms with Gasteiger partial charge in [-0.1, -0.05) is 45.9 Å². The van der Waals surface area contributed by atoms with Crippen LogP contribution in [0.5, 0.6) is 11.6 Å². The minimum absolute atomic E-state index is 0.232. The predicted molar refractivity (Wildman–Crippen MR) is 101 cm³/mol. The van der Waals surface area contributed by atoms with Crippen molar-refractivity contribution in [3.8, 4) is 11.6 Å². The third kappa shape index (κ3) is 5.48. The molecule has 0 aliphatic carbocycles. The van der Waals surface area contributed by atoms with E-state index in [0.29, 0.717) is 5.75 Å². The number of hydrogen-bond acceptors (Lipinski definition) is 4. The van der Waals surface area contributed by atoms with Gasteiger partial charge in [0.05, 0.1) is 11.4 Å². The highest BCUT2D eigenvalue weighted by Gasteiger charge is 2.17. The first-order valence-electron chi connectivity index (χ1n) is 8.60. The standard InChI is InChI=1S/C20H27N3O2/c1-5-16-17(22-12-11-20(2,3)4)13-15(18(21)24)19(23-16)25-14-9-7-6-8-10-14/h6-10,13,22H,5,11-12H2,1-4H3,(H2,21,24). The fourth-order valence-electron chi connectivity index (χ4n) is 2.38. The quantitative estimate of drug-likeness (QED) is 0.783. The van der Waals surface area contributed by atoms with Gasteiger partial charge in [-0.3, -0.25) is 4.79 Å². The third-order valence-electron chi connectivity index (χ3n) is 3.82. The molecule has 1 aromatic heterocycles. The average molecular weight is 341 g/mol. The number of aryl methyl sites for hydroxylation is 1. The fraction of sp³-hybridized carbons (Fsp3) is 0.400. The molecule has 0 saturated heterocycles. The molecule has 0 fully saturated rings. The summed E-state index contributed by atoms with van der Waals surface area (Å²) in [5.41, 5.74) is 7.73. The zero-order chi connectivity index (χ0) is 18.4. The number of nitrogens with zero attached hydrogens (tertiary/aromatic N) is 1. The van der Waals surface area contributed by atoms with Gasteiger partial charge < -0.3 is 15.8 Å². The molecule has 1 heterocycles. The van der Waals surface area contributed by atoms with Crippen LogP contribution in [-0.4, -0.2) is 17.4 Å². The van der Waals surface area contributed by atoms with Gasteiger partial charge in [-0.15, -0.1) is 0 Å². The zero-order valence-electron chi connectivity index (χ0n) is 15.4. The molecule has 0 aliphatic heterocycles. The lowest BCUT2D eigenvalue weighted by molar-refractivity contribution is 0.0997. The first-order chi connectivity index (χ1) is 11.8. The molecule has 0 saturated carbocycles. The number of benzene rings is 1. The molecule has 2 aromatic rings. The van der Waals surface area contributed by atoms with E-state index in [9.17, 15) is 4.79 Å². The second kappa shape index (κ2) is 8.01. The number of nitrogens with two attached hydrogens (primary N) is 1. The maximum Gasteiger partial charge on any atom is 0.254 e. The van der Waals surface area contributed by atoms with Crippen LogP contribution in [0.3, 0.4) is 0 Å². The molecule has 1 aromatic carbocycles. The molecule has 0 unspecified atom stereocenters. The lowest BCUT2D eigenvalue weighted by atomic mass is 9.92. The first kappa shape index (κ1) is 18.8. The molecular formula is C20H27N3O2. The number of carbonyl (C=O) groups is 1. The summed E-state index contributed by atoms with van der Waals surface area (Å²) in [5.74, 6) is 0.310. The van der Waals surface area contributed by atoms with Gasteiger partial charge in [0.2, 0.25) is 5.88 Å². The Kier molecular flexibility index (Phi) is 6.02. The predicted octanol–water partition coefficient (Wildman–Crippen LogP) is 4.38. The van der Waals surface area contributed by atoms with Crippen molar-refractivity contribution in [2.24, 2.45) is 11.1 Å². The number of hydrogen-bond donors (Lipinski definition) is 2. The van der Waals surface area contributed by atoms with Crippen LogP contribution in [0.4, 0.5) is 5.69 Å². The highest BCUT2D eigenvalue weighted by atomic mass is 16.5. The smallest absolute Gasteiger partial charge is 0.254 e. The molecule has 3 N–H and O–H groups in total. The van der Waals surface area contributed by atoms with Crippen molar-refractivity contribution in [3.05, 3.63) is 47.7 Å². The van der Waals surface area contributed by atoms with E-state index >= 15 is 0 Å². The number of aromatic nitrogens is 1. The molecular weight excluding hydrogens is 314 g/mol. The van der Waals surface area contributed by atoms with Crippen molar-refractivity contribution in [3.63, 3.8) is 0 Å². The minimum atomic E-state index is -0.556. The number of primary amides is 1. The van der Waals surface area contributed by atoms with Gasteiger partial charge in [-0.2, -0.15) is 0 Å². The first-order valence-corrected chi connectivity index (χ1v) is 8.60. The second-order valence-electron chi connectivity index (χ2n) is 7.21. The summed E-state index contributed by atoms with van der Waals surface area (Å²) in [5, 5.41) is 3.38. The molecule has 134 valence electrons. The largest absolute Gasteiger partial charge is 0.438 e. The molecule has 2 rings (SSSR count). The summed E-state index contributed by atoms with van der Waals surface area (Å²) in [6.45, 7) is 9.40. The second-order valence-corrected chi connectivity index (χ2v) is 7.21. The van der Waals surface area contributed by atoms with Crippen molar-refractivity contribution in [2.75, 3.05) is 11.9 Å². The molecule has 5 nitrogen and oxygen atoms in total. The Morgan fingerprint density at radius 2 is 1.92 bits per heavy atom.